The maximum absolute atomic E-state index is 11.7. The molecule has 1 aliphatic rings. The molecule has 0 aromatic rings. The number of ether oxygens (including phenoxy) is 1. The monoisotopic (exact) mass is 401 g/mol. The average molecular weight is 402 g/mol. The zero-order valence-electron chi connectivity index (χ0n) is 16.9. The van der Waals surface area contributed by atoms with Gasteiger partial charge in [-0.25, -0.2) is 0 Å². The van der Waals surface area contributed by atoms with Gasteiger partial charge in [-0.1, -0.05) is 0 Å². The molecule has 0 amide bonds. The molecule has 1 atom stereocenters. The molecule has 1 saturated heterocycles. The number of aliphatic hydroxyl groups is 1. The van der Waals surface area contributed by atoms with E-state index in [4.69, 9.17) is 10.5 Å². The smallest absolute Gasteiger partial charge is 0.319 e. The van der Waals surface area contributed by atoms with E-state index in [1.165, 1.54) is 7.11 Å². The van der Waals surface area contributed by atoms with Crippen molar-refractivity contribution in [2.45, 2.75) is 6.10 Å². The molecule has 1 heterocycles. The Kier molecular flexibility index (Phi) is 12.8. The fourth-order valence-corrected chi connectivity index (χ4v) is 3.11. The van der Waals surface area contributed by atoms with Crippen molar-refractivity contribution in [3.05, 3.63) is 0 Å². The van der Waals surface area contributed by atoms with Crippen LogP contribution in [-0.2, 0) is 19.1 Å². The Hall–Kier alpha value is -1.43. The molecular weight excluding hydrogens is 366 g/mol. The number of hydrogen-bond acceptors (Lipinski definition) is 10. The molecule has 1 rings (SSSR count). The van der Waals surface area contributed by atoms with Crippen molar-refractivity contribution in [2.24, 2.45) is 5.73 Å². The molecule has 0 aromatic heterocycles. The van der Waals surface area contributed by atoms with E-state index in [0.717, 1.165) is 12.6 Å². The first-order chi connectivity index (χ1) is 13.5. The molecule has 1 unspecified atom stereocenters. The van der Waals surface area contributed by atoms with Gasteiger partial charge in [0.25, 0.3) is 0 Å². The standard InChI is InChI=1S/C18H35N5O5/c1-28-18(27)16-23-7-5-21(11-13-25)3-2-20(10-12-24)4-6-22(8-9-23)15-17(26)14-19/h12-13,17,26H,2-11,14-16,19H2,1H3. The van der Waals surface area contributed by atoms with Gasteiger partial charge in [0, 0.05) is 65.4 Å². The third-order valence-corrected chi connectivity index (χ3v) is 4.92. The minimum Gasteiger partial charge on any atom is -0.468 e. The summed E-state index contributed by atoms with van der Waals surface area (Å²) in [7, 11) is 1.36. The summed E-state index contributed by atoms with van der Waals surface area (Å²) in [6, 6.07) is 0. The number of carbonyl (C=O) groups excluding carboxylic acids is 3. The van der Waals surface area contributed by atoms with Gasteiger partial charge in [-0.15, -0.1) is 0 Å². The lowest BCUT2D eigenvalue weighted by molar-refractivity contribution is -0.142. The molecule has 0 aromatic carbocycles. The van der Waals surface area contributed by atoms with Gasteiger partial charge < -0.3 is 25.2 Å². The van der Waals surface area contributed by atoms with Gasteiger partial charge in [0.2, 0.25) is 0 Å². The molecule has 162 valence electrons. The van der Waals surface area contributed by atoms with E-state index in [9.17, 15) is 19.5 Å². The van der Waals surface area contributed by atoms with Crippen molar-refractivity contribution in [2.75, 3.05) is 92.2 Å². The second-order valence-corrected chi connectivity index (χ2v) is 6.98. The van der Waals surface area contributed by atoms with Gasteiger partial charge in [0.1, 0.15) is 12.6 Å². The first-order valence-electron chi connectivity index (χ1n) is 9.74. The van der Waals surface area contributed by atoms with E-state index in [1.807, 2.05) is 14.7 Å². The minimum atomic E-state index is -0.621. The number of hydrogen-bond donors (Lipinski definition) is 2. The highest BCUT2D eigenvalue weighted by Crippen LogP contribution is 2.01. The van der Waals surface area contributed by atoms with Crippen molar-refractivity contribution in [3.8, 4) is 0 Å². The lowest BCUT2D eigenvalue weighted by atomic mass is 10.3. The van der Waals surface area contributed by atoms with Crippen molar-refractivity contribution in [1.29, 1.82) is 0 Å². The van der Waals surface area contributed by atoms with Crippen LogP contribution in [0.15, 0.2) is 0 Å². The number of aldehydes is 2. The molecule has 0 radical (unpaired) electrons. The lowest BCUT2D eigenvalue weighted by Crippen LogP contribution is -2.49. The lowest BCUT2D eigenvalue weighted by Gasteiger charge is -2.33. The van der Waals surface area contributed by atoms with Crippen molar-refractivity contribution >= 4 is 18.5 Å². The normalized spacial score (nSPS) is 20.7. The van der Waals surface area contributed by atoms with E-state index in [0.29, 0.717) is 72.0 Å². The molecule has 3 N–H and O–H groups in total. The quantitative estimate of drug-likeness (QED) is 0.307. The predicted octanol–water partition coefficient (Wildman–Crippen LogP) is -2.90. The molecule has 0 aliphatic carbocycles. The maximum atomic E-state index is 11.7. The van der Waals surface area contributed by atoms with Crippen LogP contribution in [0.2, 0.25) is 0 Å². The Bertz CT molecular complexity index is 468. The van der Waals surface area contributed by atoms with Gasteiger partial charge in [-0.2, -0.15) is 0 Å². The summed E-state index contributed by atoms with van der Waals surface area (Å²) >= 11 is 0. The Balaban J connectivity index is 2.85. The van der Waals surface area contributed by atoms with Crippen LogP contribution >= 0.6 is 0 Å². The molecule has 0 bridgehead atoms. The van der Waals surface area contributed by atoms with Gasteiger partial charge in [0.15, 0.2) is 0 Å². The summed E-state index contributed by atoms with van der Waals surface area (Å²) in [6.45, 7) is 6.62. The largest absolute Gasteiger partial charge is 0.468 e. The highest BCUT2D eigenvalue weighted by atomic mass is 16.5. The summed E-state index contributed by atoms with van der Waals surface area (Å²) < 4.78 is 4.79. The fourth-order valence-electron chi connectivity index (χ4n) is 3.11. The Morgan fingerprint density at radius 1 is 0.929 bits per heavy atom. The number of aliphatic hydroxyl groups excluding tert-OH is 1. The summed E-state index contributed by atoms with van der Waals surface area (Å²) in [5, 5.41) is 9.95. The average Bonchev–Trinajstić information content (AvgIpc) is 2.69. The third kappa shape index (κ3) is 10.2. The summed E-state index contributed by atoms with van der Waals surface area (Å²) in [5.41, 5.74) is 5.55. The van der Waals surface area contributed by atoms with Crippen LogP contribution in [-0.4, -0.2) is 142 Å². The molecule has 10 nitrogen and oxygen atoms in total. The topological polar surface area (TPSA) is 120 Å². The van der Waals surface area contributed by atoms with Crippen LogP contribution in [0.4, 0.5) is 0 Å². The number of carbonyl (C=O) groups is 3. The summed E-state index contributed by atoms with van der Waals surface area (Å²) in [4.78, 5) is 41.9. The van der Waals surface area contributed by atoms with Crippen LogP contribution in [0.5, 0.6) is 0 Å². The number of esters is 1. The van der Waals surface area contributed by atoms with E-state index < -0.39 is 6.10 Å². The van der Waals surface area contributed by atoms with Crippen LogP contribution in [0.1, 0.15) is 0 Å². The van der Waals surface area contributed by atoms with Crippen molar-refractivity contribution in [1.82, 2.24) is 19.6 Å². The number of methoxy groups -OCH3 is 1. The number of β-amino-alcohol motifs (C(OH)–C–C–N with tert-alkyl or cyclic N) is 1. The van der Waals surface area contributed by atoms with E-state index in [1.54, 1.807) is 0 Å². The molecule has 0 spiro atoms. The minimum absolute atomic E-state index is 0.177. The fraction of sp³-hybridized carbons (Fsp3) is 0.833. The Morgan fingerprint density at radius 2 is 1.36 bits per heavy atom. The number of nitrogens with two attached hydrogens (primary N) is 1. The zero-order valence-corrected chi connectivity index (χ0v) is 16.9. The van der Waals surface area contributed by atoms with E-state index in [2.05, 4.69) is 4.90 Å². The number of rotatable bonds is 9. The molecule has 1 aliphatic heterocycles. The van der Waals surface area contributed by atoms with Crippen LogP contribution in [0.25, 0.3) is 0 Å². The zero-order chi connectivity index (χ0) is 20.8. The van der Waals surface area contributed by atoms with E-state index >= 15 is 0 Å². The molecule has 10 heteroatoms. The summed E-state index contributed by atoms with van der Waals surface area (Å²) in [6.07, 6.45) is 1.13. The predicted molar refractivity (Wildman–Crippen MR) is 105 cm³/mol. The van der Waals surface area contributed by atoms with Gasteiger partial charge >= 0.3 is 5.97 Å². The van der Waals surface area contributed by atoms with Crippen LogP contribution in [0.3, 0.4) is 0 Å². The van der Waals surface area contributed by atoms with Crippen molar-refractivity contribution < 1.29 is 24.2 Å². The van der Waals surface area contributed by atoms with Crippen molar-refractivity contribution in [3.63, 3.8) is 0 Å². The highest BCUT2D eigenvalue weighted by molar-refractivity contribution is 5.71. The van der Waals surface area contributed by atoms with Crippen LogP contribution in [0, 0.1) is 0 Å². The molecule has 0 saturated carbocycles. The number of nitrogens with zero attached hydrogens (tertiary/aromatic N) is 4. The second-order valence-electron chi connectivity index (χ2n) is 6.98. The molecule has 1 fully saturated rings. The van der Waals surface area contributed by atoms with Crippen LogP contribution < -0.4 is 5.73 Å². The third-order valence-electron chi connectivity index (χ3n) is 4.92. The second kappa shape index (κ2) is 14.6. The molecule has 28 heavy (non-hydrogen) atoms. The van der Waals surface area contributed by atoms with Gasteiger partial charge in [-0.3, -0.25) is 24.4 Å². The maximum Gasteiger partial charge on any atom is 0.319 e. The highest BCUT2D eigenvalue weighted by Gasteiger charge is 2.19. The summed E-state index contributed by atoms with van der Waals surface area (Å²) in [5.74, 6) is -0.306. The first kappa shape index (κ1) is 24.6. The molecular formula is C18H35N5O5. The Morgan fingerprint density at radius 3 is 1.75 bits per heavy atom. The van der Waals surface area contributed by atoms with E-state index in [-0.39, 0.29) is 19.1 Å². The Labute approximate surface area is 167 Å². The SMILES string of the molecule is COC(=O)CN1CCN(CC=O)CCN(CC=O)CCN(CC(O)CN)CC1. The van der Waals surface area contributed by atoms with Gasteiger partial charge in [0.05, 0.1) is 32.8 Å². The first-order valence-corrected chi connectivity index (χ1v) is 9.74. The van der Waals surface area contributed by atoms with Gasteiger partial charge in [-0.05, 0) is 0 Å².